The summed E-state index contributed by atoms with van der Waals surface area (Å²) in [6.07, 6.45) is 0. The van der Waals surface area contributed by atoms with Crippen LogP contribution in [0.1, 0.15) is 21.5 Å². The molecule has 0 aliphatic heterocycles. The summed E-state index contributed by atoms with van der Waals surface area (Å²) in [5.74, 6) is -1.31. The average Bonchev–Trinajstić information content (AvgIpc) is 2.48. The SMILES string of the molecule is Cc1cc2c(-c3ccccc3C)c(C(=O)O)c(=O)oc2cc1Cl. The van der Waals surface area contributed by atoms with Crippen molar-refractivity contribution in [2.75, 3.05) is 0 Å². The fourth-order valence-electron chi connectivity index (χ4n) is 2.66. The largest absolute Gasteiger partial charge is 0.477 e. The molecule has 0 saturated carbocycles. The van der Waals surface area contributed by atoms with Crippen molar-refractivity contribution in [2.45, 2.75) is 13.8 Å². The molecule has 3 aromatic rings. The molecular weight excluding hydrogens is 316 g/mol. The number of hydrogen-bond donors (Lipinski definition) is 1. The Morgan fingerprint density at radius 2 is 1.83 bits per heavy atom. The van der Waals surface area contributed by atoms with Crippen molar-refractivity contribution >= 4 is 28.5 Å². The Bertz CT molecular complexity index is 1000. The molecule has 0 bridgehead atoms. The zero-order chi connectivity index (χ0) is 16.7. The topological polar surface area (TPSA) is 67.5 Å². The molecule has 1 heterocycles. The van der Waals surface area contributed by atoms with Crippen molar-refractivity contribution in [3.8, 4) is 11.1 Å². The van der Waals surface area contributed by atoms with Crippen LogP contribution in [0.3, 0.4) is 0 Å². The van der Waals surface area contributed by atoms with E-state index in [4.69, 9.17) is 16.0 Å². The van der Waals surface area contributed by atoms with Gasteiger partial charge in [-0.1, -0.05) is 35.9 Å². The lowest BCUT2D eigenvalue weighted by atomic mass is 9.93. The first-order valence-corrected chi connectivity index (χ1v) is 7.34. The zero-order valence-corrected chi connectivity index (χ0v) is 13.3. The Morgan fingerprint density at radius 3 is 2.48 bits per heavy atom. The maximum Gasteiger partial charge on any atom is 0.351 e. The fraction of sp³-hybridized carbons (Fsp3) is 0.111. The Balaban J connectivity index is 2.58. The second-order valence-electron chi connectivity index (χ2n) is 5.36. The number of carboxylic acid groups (broad SMARTS) is 1. The summed E-state index contributed by atoms with van der Waals surface area (Å²) in [5, 5.41) is 10.5. The zero-order valence-electron chi connectivity index (χ0n) is 12.5. The Kier molecular flexibility index (Phi) is 3.70. The number of hydrogen-bond acceptors (Lipinski definition) is 3. The number of carbonyl (C=O) groups is 1. The van der Waals surface area contributed by atoms with E-state index in [0.717, 1.165) is 11.1 Å². The lowest BCUT2D eigenvalue weighted by Crippen LogP contribution is -2.16. The molecule has 2 aromatic carbocycles. The predicted molar refractivity (Wildman–Crippen MR) is 89.4 cm³/mol. The number of halogens is 1. The van der Waals surface area contributed by atoms with Gasteiger partial charge in [-0.05, 0) is 36.6 Å². The van der Waals surface area contributed by atoms with Gasteiger partial charge in [0.05, 0.1) is 0 Å². The maximum absolute atomic E-state index is 12.2. The molecule has 0 fully saturated rings. The molecule has 0 unspecified atom stereocenters. The molecule has 3 rings (SSSR count). The maximum atomic E-state index is 12.2. The highest BCUT2D eigenvalue weighted by atomic mass is 35.5. The van der Waals surface area contributed by atoms with Crippen LogP contribution in [0.4, 0.5) is 0 Å². The molecule has 0 spiro atoms. The van der Waals surface area contributed by atoms with Crippen molar-refractivity contribution in [2.24, 2.45) is 0 Å². The van der Waals surface area contributed by atoms with Crippen LogP contribution in [0.5, 0.6) is 0 Å². The Morgan fingerprint density at radius 1 is 1.13 bits per heavy atom. The third-order valence-electron chi connectivity index (χ3n) is 3.82. The predicted octanol–water partition coefficient (Wildman–Crippen LogP) is 4.43. The first kappa shape index (κ1) is 15.3. The summed E-state index contributed by atoms with van der Waals surface area (Å²) < 4.78 is 5.17. The molecule has 1 N–H and O–H groups in total. The molecule has 4 nitrogen and oxygen atoms in total. The van der Waals surface area contributed by atoms with Crippen LogP contribution in [0, 0.1) is 13.8 Å². The van der Waals surface area contributed by atoms with Crippen LogP contribution >= 0.6 is 11.6 Å². The van der Waals surface area contributed by atoms with Crippen LogP contribution in [0.15, 0.2) is 45.6 Å². The van der Waals surface area contributed by atoms with Crippen LogP contribution < -0.4 is 5.63 Å². The standard InChI is InChI=1S/C18H13ClO4/c1-9-5-3-4-6-11(9)15-12-7-10(2)13(19)8-14(12)23-18(22)16(15)17(20)21/h3-8H,1-2H3,(H,20,21). The summed E-state index contributed by atoms with van der Waals surface area (Å²) in [5.41, 5.74) is 1.71. The summed E-state index contributed by atoms with van der Waals surface area (Å²) in [7, 11) is 0. The second kappa shape index (κ2) is 5.56. The summed E-state index contributed by atoms with van der Waals surface area (Å²) in [4.78, 5) is 23.8. The fourth-order valence-corrected chi connectivity index (χ4v) is 2.81. The number of fused-ring (bicyclic) bond motifs is 1. The van der Waals surface area contributed by atoms with E-state index in [2.05, 4.69) is 0 Å². The number of aromatic carboxylic acids is 1. The summed E-state index contributed by atoms with van der Waals surface area (Å²) >= 11 is 6.09. The molecule has 0 radical (unpaired) electrons. The van der Waals surface area contributed by atoms with Gasteiger partial charge in [0.2, 0.25) is 0 Å². The van der Waals surface area contributed by atoms with Gasteiger partial charge >= 0.3 is 11.6 Å². The number of rotatable bonds is 2. The van der Waals surface area contributed by atoms with Crippen LogP contribution in [0.25, 0.3) is 22.1 Å². The van der Waals surface area contributed by atoms with E-state index in [1.807, 2.05) is 26.0 Å². The van der Waals surface area contributed by atoms with Gasteiger partial charge in [0.15, 0.2) is 5.56 Å². The van der Waals surface area contributed by atoms with Crippen LogP contribution in [-0.2, 0) is 0 Å². The van der Waals surface area contributed by atoms with E-state index in [1.165, 1.54) is 0 Å². The Labute approximate surface area is 136 Å². The first-order valence-electron chi connectivity index (χ1n) is 6.96. The molecular formula is C18H13ClO4. The van der Waals surface area contributed by atoms with Gasteiger partial charge in [-0.3, -0.25) is 0 Å². The van der Waals surface area contributed by atoms with Gasteiger partial charge in [0.25, 0.3) is 0 Å². The molecule has 0 amide bonds. The van der Waals surface area contributed by atoms with Crippen molar-refractivity contribution in [1.29, 1.82) is 0 Å². The molecule has 5 heteroatoms. The van der Waals surface area contributed by atoms with Gasteiger partial charge < -0.3 is 9.52 Å². The minimum atomic E-state index is -1.31. The smallest absolute Gasteiger partial charge is 0.351 e. The third-order valence-corrected chi connectivity index (χ3v) is 4.22. The van der Waals surface area contributed by atoms with Crippen LogP contribution in [-0.4, -0.2) is 11.1 Å². The number of benzene rings is 2. The normalized spacial score (nSPS) is 10.9. The summed E-state index contributed by atoms with van der Waals surface area (Å²) in [6.45, 7) is 3.68. The molecule has 0 aliphatic carbocycles. The molecule has 23 heavy (non-hydrogen) atoms. The molecule has 0 atom stereocenters. The van der Waals surface area contributed by atoms with Crippen molar-refractivity contribution < 1.29 is 14.3 Å². The average molecular weight is 329 g/mol. The highest BCUT2D eigenvalue weighted by molar-refractivity contribution is 6.32. The minimum absolute atomic E-state index is 0.272. The van der Waals surface area contributed by atoms with E-state index in [1.54, 1.807) is 24.3 Å². The quantitative estimate of drug-likeness (QED) is 0.707. The van der Waals surface area contributed by atoms with Crippen molar-refractivity contribution in [1.82, 2.24) is 0 Å². The molecule has 116 valence electrons. The second-order valence-corrected chi connectivity index (χ2v) is 5.76. The monoisotopic (exact) mass is 328 g/mol. The van der Waals surface area contributed by atoms with Gasteiger partial charge in [0, 0.05) is 22.0 Å². The third kappa shape index (κ3) is 2.51. The van der Waals surface area contributed by atoms with E-state index in [-0.39, 0.29) is 11.1 Å². The van der Waals surface area contributed by atoms with Gasteiger partial charge in [-0.2, -0.15) is 0 Å². The lowest BCUT2D eigenvalue weighted by Gasteiger charge is -2.12. The van der Waals surface area contributed by atoms with Crippen LogP contribution in [0.2, 0.25) is 5.02 Å². The molecule has 0 saturated heterocycles. The van der Waals surface area contributed by atoms with E-state index >= 15 is 0 Å². The summed E-state index contributed by atoms with van der Waals surface area (Å²) in [6, 6.07) is 10.6. The molecule has 0 aliphatic rings. The van der Waals surface area contributed by atoms with E-state index < -0.39 is 11.6 Å². The van der Waals surface area contributed by atoms with Crippen molar-refractivity contribution in [3.63, 3.8) is 0 Å². The van der Waals surface area contributed by atoms with Gasteiger partial charge in [-0.15, -0.1) is 0 Å². The van der Waals surface area contributed by atoms with Crippen molar-refractivity contribution in [3.05, 3.63) is 68.5 Å². The Hall–Kier alpha value is -2.59. The van der Waals surface area contributed by atoms with E-state index in [0.29, 0.717) is 21.5 Å². The number of aryl methyl sites for hydroxylation is 2. The highest BCUT2D eigenvalue weighted by Crippen LogP contribution is 2.34. The first-order chi connectivity index (χ1) is 10.9. The number of carboxylic acids is 1. The van der Waals surface area contributed by atoms with Gasteiger partial charge in [0.1, 0.15) is 5.58 Å². The minimum Gasteiger partial charge on any atom is -0.477 e. The lowest BCUT2D eigenvalue weighted by molar-refractivity contribution is 0.0693. The highest BCUT2D eigenvalue weighted by Gasteiger charge is 2.23. The molecule has 1 aromatic heterocycles. The van der Waals surface area contributed by atoms with E-state index in [9.17, 15) is 14.7 Å². The van der Waals surface area contributed by atoms with Gasteiger partial charge in [-0.25, -0.2) is 9.59 Å².